The highest BCUT2D eigenvalue weighted by molar-refractivity contribution is 5.44. The van der Waals surface area contributed by atoms with Crippen molar-refractivity contribution in [3.05, 3.63) is 63.7 Å². The molecular weight excluding hydrogens is 272 g/mol. The Hall–Kier alpha value is -2.60. The average Bonchev–Trinajstić information content (AvgIpc) is 2.52. The Morgan fingerprint density at radius 1 is 1.19 bits per heavy atom. The predicted molar refractivity (Wildman–Crippen MR) is 78.3 cm³/mol. The van der Waals surface area contributed by atoms with Crippen molar-refractivity contribution in [1.82, 2.24) is 0 Å². The van der Waals surface area contributed by atoms with Crippen molar-refractivity contribution in [1.29, 1.82) is 0 Å². The van der Waals surface area contributed by atoms with Gasteiger partial charge in [-0.2, -0.15) is 0 Å². The van der Waals surface area contributed by atoms with Gasteiger partial charge in [-0.25, -0.2) is 0 Å². The van der Waals surface area contributed by atoms with Gasteiger partial charge in [0.1, 0.15) is 6.61 Å². The molecule has 6 nitrogen and oxygen atoms in total. The van der Waals surface area contributed by atoms with Crippen LogP contribution < -0.4 is 15.2 Å². The molecule has 0 radical (unpaired) electrons. The van der Waals surface area contributed by atoms with Gasteiger partial charge in [-0.05, 0) is 23.8 Å². The van der Waals surface area contributed by atoms with E-state index in [4.69, 9.17) is 15.2 Å². The zero-order chi connectivity index (χ0) is 15.2. The zero-order valence-corrected chi connectivity index (χ0v) is 11.6. The number of nitro groups is 1. The Morgan fingerprint density at radius 2 is 1.95 bits per heavy atom. The molecule has 0 bridgehead atoms. The molecule has 2 aromatic rings. The van der Waals surface area contributed by atoms with Crippen LogP contribution in [0.3, 0.4) is 0 Å². The Balaban J connectivity index is 2.19. The maximum absolute atomic E-state index is 11.0. The van der Waals surface area contributed by atoms with Crippen molar-refractivity contribution in [2.45, 2.75) is 13.2 Å². The summed E-state index contributed by atoms with van der Waals surface area (Å²) < 4.78 is 10.9. The Kier molecular flexibility index (Phi) is 4.73. The van der Waals surface area contributed by atoms with Crippen LogP contribution in [0.25, 0.3) is 0 Å². The molecule has 0 aliphatic rings. The molecule has 2 aromatic carbocycles. The number of hydrogen-bond acceptors (Lipinski definition) is 5. The first-order chi connectivity index (χ1) is 10.2. The van der Waals surface area contributed by atoms with Crippen LogP contribution in [0, 0.1) is 10.1 Å². The molecule has 0 atom stereocenters. The summed E-state index contributed by atoms with van der Waals surface area (Å²) in [5.74, 6) is 1.07. The van der Waals surface area contributed by atoms with Crippen LogP contribution in [-0.4, -0.2) is 12.0 Å². The van der Waals surface area contributed by atoms with Gasteiger partial charge < -0.3 is 15.2 Å². The highest BCUT2D eigenvalue weighted by Gasteiger charge is 2.13. The number of nitrogens with two attached hydrogens (primary N) is 1. The first kappa shape index (κ1) is 14.8. The minimum atomic E-state index is -0.423. The molecule has 2 rings (SSSR count). The normalized spacial score (nSPS) is 10.2. The van der Waals surface area contributed by atoms with E-state index < -0.39 is 4.92 Å². The van der Waals surface area contributed by atoms with Crippen LogP contribution in [0.2, 0.25) is 0 Å². The van der Waals surface area contributed by atoms with Crippen molar-refractivity contribution < 1.29 is 14.4 Å². The molecule has 0 unspecified atom stereocenters. The first-order valence-corrected chi connectivity index (χ1v) is 6.37. The second kappa shape index (κ2) is 6.71. The fraction of sp³-hybridized carbons (Fsp3) is 0.200. The van der Waals surface area contributed by atoms with Gasteiger partial charge in [0.2, 0.25) is 0 Å². The van der Waals surface area contributed by atoms with Crippen molar-refractivity contribution in [3.8, 4) is 11.5 Å². The number of benzene rings is 2. The largest absolute Gasteiger partial charge is 0.493 e. The average molecular weight is 288 g/mol. The third kappa shape index (κ3) is 3.49. The van der Waals surface area contributed by atoms with Crippen molar-refractivity contribution in [2.24, 2.45) is 5.73 Å². The van der Waals surface area contributed by atoms with Gasteiger partial charge in [-0.1, -0.05) is 18.2 Å². The monoisotopic (exact) mass is 288 g/mol. The lowest BCUT2D eigenvalue weighted by Crippen LogP contribution is -2.02. The third-order valence-corrected chi connectivity index (χ3v) is 3.04. The zero-order valence-electron chi connectivity index (χ0n) is 11.6. The van der Waals surface area contributed by atoms with Crippen molar-refractivity contribution in [3.63, 3.8) is 0 Å². The number of methoxy groups -OCH3 is 1. The molecule has 2 N–H and O–H groups in total. The van der Waals surface area contributed by atoms with E-state index in [9.17, 15) is 10.1 Å². The quantitative estimate of drug-likeness (QED) is 0.652. The molecule has 110 valence electrons. The Morgan fingerprint density at radius 3 is 2.62 bits per heavy atom. The van der Waals surface area contributed by atoms with E-state index in [2.05, 4.69) is 0 Å². The van der Waals surface area contributed by atoms with Crippen LogP contribution in [0.5, 0.6) is 11.5 Å². The third-order valence-electron chi connectivity index (χ3n) is 3.04. The van der Waals surface area contributed by atoms with Crippen molar-refractivity contribution in [2.75, 3.05) is 7.11 Å². The minimum absolute atomic E-state index is 0.0371. The Bertz CT molecular complexity index is 643. The lowest BCUT2D eigenvalue weighted by Gasteiger charge is -2.12. The van der Waals surface area contributed by atoms with Crippen LogP contribution >= 0.6 is 0 Å². The molecule has 0 saturated heterocycles. The van der Waals surface area contributed by atoms with Gasteiger partial charge in [0.15, 0.2) is 11.5 Å². The summed E-state index contributed by atoms with van der Waals surface area (Å²) >= 11 is 0. The lowest BCUT2D eigenvalue weighted by molar-refractivity contribution is -0.385. The summed E-state index contributed by atoms with van der Waals surface area (Å²) in [6.07, 6.45) is 0. The SMILES string of the molecule is COc1cc(CN)ccc1OCc1ccccc1[N+](=O)[O-]. The molecule has 0 saturated carbocycles. The van der Waals surface area contributed by atoms with E-state index >= 15 is 0 Å². The van der Waals surface area contributed by atoms with E-state index in [-0.39, 0.29) is 12.3 Å². The second-order valence-corrected chi connectivity index (χ2v) is 4.36. The standard InChI is InChI=1S/C15H16N2O4/c1-20-15-8-11(9-16)6-7-14(15)21-10-12-4-2-3-5-13(12)17(18)19/h2-8H,9-10,16H2,1H3. The maximum Gasteiger partial charge on any atom is 0.276 e. The second-order valence-electron chi connectivity index (χ2n) is 4.36. The molecule has 0 aliphatic heterocycles. The molecule has 0 aromatic heterocycles. The Labute approximate surface area is 122 Å². The molecule has 0 fully saturated rings. The van der Waals surface area contributed by atoms with E-state index in [1.165, 1.54) is 13.2 Å². The van der Waals surface area contributed by atoms with E-state index in [0.29, 0.717) is 23.6 Å². The fourth-order valence-corrected chi connectivity index (χ4v) is 1.92. The number of rotatable bonds is 6. The summed E-state index contributed by atoms with van der Waals surface area (Å²) in [5, 5.41) is 11.0. The van der Waals surface area contributed by atoms with Crippen molar-refractivity contribution >= 4 is 5.69 Å². The lowest BCUT2D eigenvalue weighted by atomic mass is 10.2. The summed E-state index contributed by atoms with van der Waals surface area (Å²) in [5.41, 5.74) is 7.04. The molecule has 0 amide bonds. The highest BCUT2D eigenvalue weighted by Crippen LogP contribution is 2.29. The summed E-state index contributed by atoms with van der Waals surface area (Å²) in [4.78, 5) is 10.5. The summed E-state index contributed by atoms with van der Waals surface area (Å²) in [6.45, 7) is 0.496. The topological polar surface area (TPSA) is 87.6 Å². The van der Waals surface area contributed by atoms with Crippen LogP contribution in [0.1, 0.15) is 11.1 Å². The smallest absolute Gasteiger partial charge is 0.276 e. The van der Waals surface area contributed by atoms with E-state index in [1.54, 1.807) is 30.3 Å². The van der Waals surface area contributed by atoms with Gasteiger partial charge in [-0.3, -0.25) is 10.1 Å². The van der Waals surface area contributed by atoms with Gasteiger partial charge in [0, 0.05) is 12.6 Å². The van der Waals surface area contributed by atoms with Crippen LogP contribution in [0.4, 0.5) is 5.69 Å². The molecule has 6 heteroatoms. The van der Waals surface area contributed by atoms with Gasteiger partial charge in [0.05, 0.1) is 17.6 Å². The molecule has 0 spiro atoms. The van der Waals surface area contributed by atoms with E-state index in [0.717, 1.165) is 5.56 Å². The first-order valence-electron chi connectivity index (χ1n) is 6.37. The number of para-hydroxylation sites is 1. The maximum atomic E-state index is 11.0. The number of hydrogen-bond donors (Lipinski definition) is 1. The van der Waals surface area contributed by atoms with Crippen LogP contribution in [-0.2, 0) is 13.2 Å². The molecular formula is C15H16N2O4. The van der Waals surface area contributed by atoms with Gasteiger partial charge in [-0.15, -0.1) is 0 Å². The molecule has 0 aliphatic carbocycles. The summed E-state index contributed by atoms with van der Waals surface area (Å²) in [7, 11) is 1.54. The molecule has 0 heterocycles. The van der Waals surface area contributed by atoms with E-state index in [1.807, 2.05) is 6.07 Å². The minimum Gasteiger partial charge on any atom is -0.493 e. The van der Waals surface area contributed by atoms with Gasteiger partial charge >= 0.3 is 0 Å². The fourth-order valence-electron chi connectivity index (χ4n) is 1.92. The number of ether oxygens (including phenoxy) is 2. The molecule has 21 heavy (non-hydrogen) atoms. The number of nitrogens with zero attached hydrogens (tertiary/aromatic N) is 1. The predicted octanol–water partition coefficient (Wildman–Crippen LogP) is 2.64. The summed E-state index contributed by atoms with van der Waals surface area (Å²) in [6, 6.07) is 11.8. The highest BCUT2D eigenvalue weighted by atomic mass is 16.6. The van der Waals surface area contributed by atoms with Gasteiger partial charge in [0.25, 0.3) is 5.69 Å². The van der Waals surface area contributed by atoms with Crippen LogP contribution in [0.15, 0.2) is 42.5 Å². The number of nitro benzene ring substituents is 1.